The first-order chi connectivity index (χ1) is 10.2. The summed E-state index contributed by atoms with van der Waals surface area (Å²) in [4.78, 5) is 5.61. The molecular weight excluding hydrogens is 280 g/mol. The summed E-state index contributed by atoms with van der Waals surface area (Å²) in [5, 5.41) is 3.14. The van der Waals surface area contributed by atoms with Crippen LogP contribution in [0.25, 0.3) is 10.9 Å². The SMILES string of the molecule is Cc1ccsc1C(Oc1cccc2cccnc12)C(C)N. The van der Waals surface area contributed by atoms with Gasteiger partial charge in [-0.2, -0.15) is 0 Å². The molecule has 3 nitrogen and oxygen atoms in total. The molecule has 0 aliphatic rings. The smallest absolute Gasteiger partial charge is 0.148 e. The molecule has 2 unspecified atom stereocenters. The van der Waals surface area contributed by atoms with Crippen LogP contribution in [-0.2, 0) is 0 Å². The summed E-state index contributed by atoms with van der Waals surface area (Å²) in [5.74, 6) is 0.781. The Morgan fingerprint density at radius 1 is 1.19 bits per heavy atom. The molecule has 0 fully saturated rings. The van der Waals surface area contributed by atoms with Gasteiger partial charge in [-0.25, -0.2) is 0 Å². The van der Waals surface area contributed by atoms with Crippen LogP contribution in [0.2, 0.25) is 0 Å². The second-order valence-corrected chi connectivity index (χ2v) is 6.14. The summed E-state index contributed by atoms with van der Waals surface area (Å²) < 4.78 is 6.24. The third-order valence-corrected chi connectivity index (χ3v) is 4.57. The van der Waals surface area contributed by atoms with Gasteiger partial charge in [0.1, 0.15) is 17.4 Å². The van der Waals surface area contributed by atoms with Crippen molar-refractivity contribution in [1.29, 1.82) is 0 Å². The highest BCUT2D eigenvalue weighted by molar-refractivity contribution is 7.10. The summed E-state index contributed by atoms with van der Waals surface area (Å²) in [5.41, 5.74) is 8.24. The minimum absolute atomic E-state index is 0.0960. The van der Waals surface area contributed by atoms with Gasteiger partial charge in [-0.05, 0) is 43.0 Å². The maximum Gasteiger partial charge on any atom is 0.148 e. The molecule has 0 aliphatic carbocycles. The Kier molecular flexibility index (Phi) is 3.90. The van der Waals surface area contributed by atoms with Crippen molar-refractivity contribution in [3.63, 3.8) is 0 Å². The van der Waals surface area contributed by atoms with Crippen LogP contribution in [0.1, 0.15) is 23.5 Å². The molecule has 0 radical (unpaired) electrons. The maximum atomic E-state index is 6.24. The second-order valence-electron chi connectivity index (χ2n) is 5.20. The van der Waals surface area contributed by atoms with Crippen molar-refractivity contribution in [3.05, 3.63) is 58.4 Å². The molecular formula is C17H18N2OS. The van der Waals surface area contributed by atoms with Gasteiger partial charge >= 0.3 is 0 Å². The van der Waals surface area contributed by atoms with Crippen LogP contribution in [0, 0.1) is 6.92 Å². The van der Waals surface area contributed by atoms with Gasteiger partial charge in [0.15, 0.2) is 0 Å². The van der Waals surface area contributed by atoms with Crippen molar-refractivity contribution in [2.45, 2.75) is 26.0 Å². The van der Waals surface area contributed by atoms with Crippen LogP contribution in [0.5, 0.6) is 5.75 Å². The largest absolute Gasteiger partial charge is 0.481 e. The third-order valence-electron chi connectivity index (χ3n) is 3.49. The van der Waals surface area contributed by atoms with Gasteiger partial charge in [0.25, 0.3) is 0 Å². The molecule has 0 amide bonds. The number of nitrogens with zero attached hydrogens (tertiary/aromatic N) is 1. The summed E-state index contributed by atoms with van der Waals surface area (Å²) in [6, 6.07) is 11.9. The van der Waals surface area contributed by atoms with Gasteiger partial charge in [0.05, 0.1) is 0 Å². The Morgan fingerprint density at radius 2 is 2.00 bits per heavy atom. The lowest BCUT2D eigenvalue weighted by atomic mass is 10.1. The predicted octanol–water partition coefficient (Wildman–Crippen LogP) is 4.07. The zero-order valence-electron chi connectivity index (χ0n) is 12.1. The minimum Gasteiger partial charge on any atom is -0.481 e. The van der Waals surface area contributed by atoms with Crippen molar-refractivity contribution in [2.75, 3.05) is 0 Å². The fourth-order valence-electron chi connectivity index (χ4n) is 2.38. The Balaban J connectivity index is 2.01. The van der Waals surface area contributed by atoms with Crippen LogP contribution < -0.4 is 10.5 Å². The highest BCUT2D eigenvalue weighted by Gasteiger charge is 2.22. The molecule has 3 rings (SSSR count). The van der Waals surface area contributed by atoms with E-state index in [2.05, 4.69) is 23.4 Å². The number of thiophene rings is 1. The molecule has 0 saturated heterocycles. The lowest BCUT2D eigenvalue weighted by molar-refractivity contribution is 0.185. The lowest BCUT2D eigenvalue weighted by Gasteiger charge is -2.23. The number of hydrogen-bond donors (Lipinski definition) is 1. The Bertz CT molecular complexity index is 746. The first-order valence-corrected chi connectivity index (χ1v) is 7.85. The monoisotopic (exact) mass is 298 g/mol. The van der Waals surface area contributed by atoms with Crippen molar-refractivity contribution in [2.24, 2.45) is 5.73 Å². The number of pyridine rings is 1. The average molecular weight is 298 g/mol. The zero-order valence-corrected chi connectivity index (χ0v) is 12.9. The van der Waals surface area contributed by atoms with Crippen LogP contribution in [0.3, 0.4) is 0 Å². The quantitative estimate of drug-likeness (QED) is 0.789. The van der Waals surface area contributed by atoms with E-state index >= 15 is 0 Å². The van der Waals surface area contributed by atoms with E-state index in [0.717, 1.165) is 16.7 Å². The molecule has 4 heteroatoms. The highest BCUT2D eigenvalue weighted by atomic mass is 32.1. The minimum atomic E-state index is -0.155. The number of aryl methyl sites for hydroxylation is 1. The van der Waals surface area contributed by atoms with E-state index in [9.17, 15) is 0 Å². The zero-order chi connectivity index (χ0) is 14.8. The van der Waals surface area contributed by atoms with Gasteiger partial charge < -0.3 is 10.5 Å². The average Bonchev–Trinajstić information content (AvgIpc) is 2.90. The summed E-state index contributed by atoms with van der Waals surface area (Å²) in [6.45, 7) is 4.06. The van der Waals surface area contributed by atoms with E-state index in [4.69, 9.17) is 10.5 Å². The molecule has 3 aromatic rings. The summed E-state index contributed by atoms with van der Waals surface area (Å²) in [6.07, 6.45) is 1.63. The Morgan fingerprint density at radius 3 is 2.71 bits per heavy atom. The maximum absolute atomic E-state index is 6.24. The lowest BCUT2D eigenvalue weighted by Crippen LogP contribution is -2.29. The van der Waals surface area contributed by atoms with Crippen molar-refractivity contribution in [3.8, 4) is 5.75 Å². The molecule has 108 valence electrons. The highest BCUT2D eigenvalue weighted by Crippen LogP contribution is 2.33. The summed E-state index contributed by atoms with van der Waals surface area (Å²) in [7, 11) is 0. The Labute approximate surface area is 128 Å². The fraction of sp³-hybridized carbons (Fsp3) is 0.235. The predicted molar refractivity (Wildman–Crippen MR) is 87.8 cm³/mol. The number of ether oxygens (including phenoxy) is 1. The molecule has 0 bridgehead atoms. The topological polar surface area (TPSA) is 48.1 Å². The molecule has 1 aromatic carbocycles. The van der Waals surface area contributed by atoms with Crippen LogP contribution in [-0.4, -0.2) is 11.0 Å². The van der Waals surface area contributed by atoms with E-state index in [1.807, 2.05) is 37.3 Å². The molecule has 2 aromatic heterocycles. The van der Waals surface area contributed by atoms with E-state index in [1.165, 1.54) is 10.4 Å². The first kappa shape index (κ1) is 14.0. The van der Waals surface area contributed by atoms with Crippen molar-refractivity contribution < 1.29 is 4.74 Å². The van der Waals surface area contributed by atoms with E-state index in [1.54, 1.807) is 17.5 Å². The molecule has 2 heterocycles. The Hall–Kier alpha value is -1.91. The first-order valence-electron chi connectivity index (χ1n) is 6.97. The molecule has 0 spiro atoms. The van der Waals surface area contributed by atoms with E-state index < -0.39 is 0 Å². The molecule has 0 saturated carbocycles. The van der Waals surface area contributed by atoms with Crippen LogP contribution in [0.15, 0.2) is 48.0 Å². The number of para-hydroxylation sites is 1. The number of nitrogens with two attached hydrogens (primary N) is 1. The van der Waals surface area contributed by atoms with Gasteiger partial charge in [-0.3, -0.25) is 4.98 Å². The van der Waals surface area contributed by atoms with Gasteiger partial charge in [0, 0.05) is 22.5 Å². The van der Waals surface area contributed by atoms with Gasteiger partial charge in [-0.1, -0.05) is 18.2 Å². The molecule has 21 heavy (non-hydrogen) atoms. The fourth-order valence-corrected chi connectivity index (χ4v) is 3.45. The number of rotatable bonds is 4. The number of aromatic nitrogens is 1. The number of benzene rings is 1. The van der Waals surface area contributed by atoms with Crippen LogP contribution in [0.4, 0.5) is 0 Å². The summed E-state index contributed by atoms with van der Waals surface area (Å²) >= 11 is 1.69. The van der Waals surface area contributed by atoms with E-state index in [-0.39, 0.29) is 12.1 Å². The van der Waals surface area contributed by atoms with E-state index in [0.29, 0.717) is 0 Å². The third kappa shape index (κ3) is 2.77. The van der Waals surface area contributed by atoms with Crippen LogP contribution >= 0.6 is 11.3 Å². The van der Waals surface area contributed by atoms with Crippen molar-refractivity contribution in [1.82, 2.24) is 4.98 Å². The van der Waals surface area contributed by atoms with Gasteiger partial charge in [-0.15, -0.1) is 11.3 Å². The number of hydrogen-bond acceptors (Lipinski definition) is 4. The van der Waals surface area contributed by atoms with Gasteiger partial charge in [0.2, 0.25) is 0 Å². The molecule has 2 atom stereocenters. The second kappa shape index (κ2) is 5.84. The molecule has 2 N–H and O–H groups in total. The number of fused-ring (bicyclic) bond motifs is 1. The standard InChI is InChI=1S/C17H18N2OS/c1-11-8-10-21-17(11)16(12(2)18)20-14-7-3-5-13-6-4-9-19-15(13)14/h3-10,12,16H,18H2,1-2H3. The molecule has 0 aliphatic heterocycles. The van der Waals surface area contributed by atoms with Crippen molar-refractivity contribution >= 4 is 22.2 Å². The normalized spacial score (nSPS) is 14.0.